The van der Waals surface area contributed by atoms with Crippen LogP contribution >= 0.6 is 0 Å². The van der Waals surface area contributed by atoms with Crippen LogP contribution < -0.4 is 0 Å². The number of hydrogen-bond acceptors (Lipinski definition) is 2. The highest BCUT2D eigenvalue weighted by Crippen LogP contribution is 2.20. The van der Waals surface area contributed by atoms with E-state index in [1.807, 2.05) is 28.9 Å². The van der Waals surface area contributed by atoms with E-state index in [0.717, 1.165) is 29.6 Å². The Bertz CT molecular complexity index is 659. The lowest BCUT2D eigenvalue weighted by Crippen LogP contribution is -1.96. The zero-order valence-corrected chi connectivity index (χ0v) is 10.4. The molecule has 2 aromatic rings. The molecule has 1 aromatic heterocycles. The SMILES string of the molecule is CCC1=CC=C(n2nnc3ccccc32)C=CC1. The first-order valence-corrected chi connectivity index (χ1v) is 6.25. The minimum absolute atomic E-state index is 0.927. The first-order valence-electron chi connectivity index (χ1n) is 6.25. The van der Waals surface area contributed by atoms with Crippen LogP contribution in [0, 0.1) is 0 Å². The van der Waals surface area contributed by atoms with Crippen molar-refractivity contribution < 1.29 is 0 Å². The molecule has 0 saturated heterocycles. The average molecular weight is 237 g/mol. The minimum Gasteiger partial charge on any atom is -0.213 e. The first kappa shape index (κ1) is 11.0. The molecule has 0 bridgehead atoms. The molecule has 3 nitrogen and oxygen atoms in total. The molecule has 0 fully saturated rings. The topological polar surface area (TPSA) is 30.7 Å². The number of fused-ring (bicyclic) bond motifs is 1. The van der Waals surface area contributed by atoms with Crippen LogP contribution in [0.25, 0.3) is 16.7 Å². The molecule has 1 aromatic carbocycles. The third kappa shape index (κ3) is 1.88. The summed E-state index contributed by atoms with van der Waals surface area (Å²) < 4.78 is 1.89. The molecule has 0 amide bonds. The van der Waals surface area contributed by atoms with Crippen LogP contribution in [0.1, 0.15) is 19.8 Å². The van der Waals surface area contributed by atoms with Crippen molar-refractivity contribution in [1.82, 2.24) is 15.0 Å². The van der Waals surface area contributed by atoms with Gasteiger partial charge in [0.1, 0.15) is 5.52 Å². The summed E-state index contributed by atoms with van der Waals surface area (Å²) in [6.07, 6.45) is 10.7. The maximum Gasteiger partial charge on any atom is 0.113 e. The van der Waals surface area contributed by atoms with Gasteiger partial charge in [-0.1, -0.05) is 42.0 Å². The highest BCUT2D eigenvalue weighted by Gasteiger charge is 2.06. The first-order chi connectivity index (χ1) is 8.88. The average Bonchev–Trinajstić information content (AvgIpc) is 2.69. The predicted molar refractivity (Wildman–Crippen MR) is 73.9 cm³/mol. The molecule has 0 unspecified atom stereocenters. The van der Waals surface area contributed by atoms with Gasteiger partial charge in [-0.05, 0) is 37.1 Å². The standard InChI is InChI=1S/C15H15N3/c1-2-12-6-5-7-13(11-10-12)18-15-9-4-3-8-14(15)16-17-18/h3-5,7-11H,2,6H2,1H3. The maximum atomic E-state index is 4.23. The number of para-hydroxylation sites is 1. The second kappa shape index (κ2) is 4.61. The smallest absolute Gasteiger partial charge is 0.113 e. The Balaban J connectivity index is 2.10. The molecule has 18 heavy (non-hydrogen) atoms. The summed E-state index contributed by atoms with van der Waals surface area (Å²) in [5.74, 6) is 0. The Labute approximate surface area is 106 Å². The fourth-order valence-electron chi connectivity index (χ4n) is 2.12. The number of aromatic nitrogens is 3. The summed E-state index contributed by atoms with van der Waals surface area (Å²) >= 11 is 0. The van der Waals surface area contributed by atoms with E-state index < -0.39 is 0 Å². The van der Waals surface area contributed by atoms with Crippen LogP contribution in [0.3, 0.4) is 0 Å². The van der Waals surface area contributed by atoms with Crippen LogP contribution in [0.15, 0.2) is 54.1 Å². The van der Waals surface area contributed by atoms with Crippen LogP contribution in [0.4, 0.5) is 0 Å². The monoisotopic (exact) mass is 237 g/mol. The van der Waals surface area contributed by atoms with Gasteiger partial charge >= 0.3 is 0 Å². The van der Waals surface area contributed by atoms with Gasteiger partial charge in [0, 0.05) is 0 Å². The lowest BCUT2D eigenvalue weighted by molar-refractivity contribution is 0.845. The number of rotatable bonds is 2. The van der Waals surface area contributed by atoms with Gasteiger partial charge in [0.05, 0.1) is 11.2 Å². The second-order valence-corrected chi connectivity index (χ2v) is 4.37. The van der Waals surface area contributed by atoms with Crippen molar-refractivity contribution >= 4 is 16.7 Å². The van der Waals surface area contributed by atoms with Crippen LogP contribution in [0.2, 0.25) is 0 Å². The number of allylic oxidation sites excluding steroid dienone is 6. The van der Waals surface area contributed by atoms with Crippen molar-refractivity contribution in [3.8, 4) is 0 Å². The number of hydrogen-bond donors (Lipinski definition) is 0. The molecule has 0 spiro atoms. The molecule has 0 aliphatic heterocycles. The van der Waals surface area contributed by atoms with E-state index in [2.05, 4.69) is 41.5 Å². The largest absolute Gasteiger partial charge is 0.213 e. The predicted octanol–water partition coefficient (Wildman–Crippen LogP) is 3.57. The van der Waals surface area contributed by atoms with Crippen molar-refractivity contribution in [1.29, 1.82) is 0 Å². The van der Waals surface area contributed by atoms with E-state index in [9.17, 15) is 0 Å². The van der Waals surface area contributed by atoms with E-state index >= 15 is 0 Å². The zero-order valence-electron chi connectivity index (χ0n) is 10.4. The van der Waals surface area contributed by atoms with Crippen LogP contribution in [-0.2, 0) is 0 Å². The third-order valence-corrected chi connectivity index (χ3v) is 3.21. The van der Waals surface area contributed by atoms with Crippen molar-refractivity contribution in [3.63, 3.8) is 0 Å². The summed E-state index contributed by atoms with van der Waals surface area (Å²) in [5.41, 5.74) is 4.47. The van der Waals surface area contributed by atoms with E-state index in [0.29, 0.717) is 0 Å². The summed E-state index contributed by atoms with van der Waals surface area (Å²) in [6.45, 7) is 2.18. The molecular weight excluding hydrogens is 222 g/mol. The molecule has 1 aliphatic carbocycles. The van der Waals surface area contributed by atoms with Gasteiger partial charge in [0.15, 0.2) is 0 Å². The van der Waals surface area contributed by atoms with Gasteiger partial charge in [-0.2, -0.15) is 0 Å². The number of benzene rings is 1. The second-order valence-electron chi connectivity index (χ2n) is 4.37. The quantitative estimate of drug-likeness (QED) is 0.799. The molecule has 90 valence electrons. The molecule has 1 aliphatic rings. The molecule has 1 heterocycles. The van der Waals surface area contributed by atoms with Crippen LogP contribution in [0.5, 0.6) is 0 Å². The molecular formula is C15H15N3. The minimum atomic E-state index is 0.927. The van der Waals surface area contributed by atoms with Gasteiger partial charge in [-0.15, -0.1) is 5.10 Å². The highest BCUT2D eigenvalue weighted by molar-refractivity contribution is 5.79. The third-order valence-electron chi connectivity index (χ3n) is 3.21. The fraction of sp³-hybridized carbons (Fsp3) is 0.200. The van der Waals surface area contributed by atoms with Crippen molar-refractivity contribution in [2.45, 2.75) is 19.8 Å². The summed E-state index contributed by atoms with van der Waals surface area (Å²) in [6, 6.07) is 8.01. The van der Waals surface area contributed by atoms with Gasteiger partial charge in [0.25, 0.3) is 0 Å². The Morgan fingerprint density at radius 3 is 3.00 bits per heavy atom. The summed E-state index contributed by atoms with van der Waals surface area (Å²) in [5, 5.41) is 8.41. The van der Waals surface area contributed by atoms with E-state index in [1.165, 1.54) is 5.57 Å². The molecule has 0 radical (unpaired) electrons. The Hall–Kier alpha value is -2.16. The van der Waals surface area contributed by atoms with E-state index in [-0.39, 0.29) is 0 Å². The van der Waals surface area contributed by atoms with Crippen molar-refractivity contribution in [2.24, 2.45) is 0 Å². The van der Waals surface area contributed by atoms with E-state index in [1.54, 1.807) is 0 Å². The Kier molecular flexibility index (Phi) is 2.81. The van der Waals surface area contributed by atoms with Crippen molar-refractivity contribution in [2.75, 3.05) is 0 Å². The normalized spacial score (nSPS) is 15.4. The van der Waals surface area contributed by atoms with Crippen molar-refractivity contribution in [3.05, 3.63) is 54.1 Å². The fourth-order valence-corrected chi connectivity index (χ4v) is 2.12. The van der Waals surface area contributed by atoms with Gasteiger partial charge in [-0.3, -0.25) is 0 Å². The van der Waals surface area contributed by atoms with Crippen LogP contribution in [-0.4, -0.2) is 15.0 Å². The van der Waals surface area contributed by atoms with E-state index in [4.69, 9.17) is 0 Å². The lowest BCUT2D eigenvalue weighted by atomic mass is 10.1. The zero-order chi connectivity index (χ0) is 12.4. The summed E-state index contributed by atoms with van der Waals surface area (Å²) in [7, 11) is 0. The highest BCUT2D eigenvalue weighted by atomic mass is 15.4. The molecule has 0 atom stereocenters. The molecule has 0 N–H and O–H groups in total. The summed E-state index contributed by atoms with van der Waals surface area (Å²) in [4.78, 5) is 0. The lowest BCUT2D eigenvalue weighted by Gasteiger charge is -2.01. The Morgan fingerprint density at radius 1 is 1.22 bits per heavy atom. The maximum absolute atomic E-state index is 4.23. The van der Waals surface area contributed by atoms with Gasteiger partial charge < -0.3 is 0 Å². The molecule has 3 heteroatoms. The Morgan fingerprint density at radius 2 is 2.11 bits per heavy atom. The molecule has 3 rings (SSSR count). The van der Waals surface area contributed by atoms with Gasteiger partial charge in [0.2, 0.25) is 0 Å². The molecule has 0 saturated carbocycles. The van der Waals surface area contributed by atoms with Gasteiger partial charge in [-0.25, -0.2) is 4.68 Å². The number of nitrogens with zero attached hydrogens (tertiary/aromatic N) is 3.